The summed E-state index contributed by atoms with van der Waals surface area (Å²) in [6, 6.07) is 9.22. The van der Waals surface area contributed by atoms with Gasteiger partial charge in [-0.05, 0) is 37.1 Å². The largest absolute Gasteiger partial charge is 0.481 e. The predicted molar refractivity (Wildman–Crippen MR) is 78.8 cm³/mol. The lowest BCUT2D eigenvalue weighted by atomic mass is 9.95. The smallest absolute Gasteiger partial charge is 0.307 e. The lowest BCUT2D eigenvalue weighted by Gasteiger charge is -2.16. The van der Waals surface area contributed by atoms with Crippen molar-refractivity contribution in [1.82, 2.24) is 4.98 Å². The van der Waals surface area contributed by atoms with Crippen LogP contribution in [0.3, 0.4) is 0 Å². The fraction of sp³-hybridized carbons (Fsp3) is 0.312. The van der Waals surface area contributed by atoms with E-state index in [0.29, 0.717) is 18.5 Å². The van der Waals surface area contributed by atoms with Crippen molar-refractivity contribution in [2.45, 2.75) is 19.3 Å². The number of hydrogen-bond acceptors (Lipinski definition) is 3. The van der Waals surface area contributed by atoms with Gasteiger partial charge in [0, 0.05) is 11.6 Å². The molecule has 1 aliphatic carbocycles. The van der Waals surface area contributed by atoms with Crippen molar-refractivity contribution >= 4 is 28.5 Å². The minimum atomic E-state index is -0.882. The van der Waals surface area contributed by atoms with E-state index in [2.05, 4.69) is 10.3 Å². The maximum atomic E-state index is 12.4. The second-order valence-corrected chi connectivity index (χ2v) is 5.35. The molecule has 5 heteroatoms. The number of anilines is 1. The first-order valence-electron chi connectivity index (χ1n) is 7.04. The molecule has 1 heterocycles. The molecule has 2 N–H and O–H groups in total. The Bertz CT molecular complexity index is 693. The van der Waals surface area contributed by atoms with E-state index in [-0.39, 0.29) is 5.91 Å². The molecule has 2 unspecified atom stereocenters. The third kappa shape index (κ3) is 2.59. The Morgan fingerprint density at radius 1 is 1.14 bits per heavy atom. The minimum Gasteiger partial charge on any atom is -0.481 e. The van der Waals surface area contributed by atoms with Crippen LogP contribution in [0.15, 0.2) is 36.5 Å². The van der Waals surface area contributed by atoms with Gasteiger partial charge in [0.2, 0.25) is 5.91 Å². The Labute approximate surface area is 122 Å². The average molecular weight is 284 g/mol. The Hall–Kier alpha value is -2.43. The fourth-order valence-corrected chi connectivity index (χ4v) is 3.01. The Morgan fingerprint density at radius 2 is 1.95 bits per heavy atom. The van der Waals surface area contributed by atoms with Crippen molar-refractivity contribution in [3.63, 3.8) is 0 Å². The van der Waals surface area contributed by atoms with Crippen molar-refractivity contribution in [2.24, 2.45) is 11.8 Å². The third-order valence-electron chi connectivity index (χ3n) is 4.07. The van der Waals surface area contributed by atoms with Gasteiger partial charge in [0.05, 0.1) is 23.0 Å². The Balaban J connectivity index is 1.85. The molecule has 1 saturated carbocycles. The summed E-state index contributed by atoms with van der Waals surface area (Å²) in [6.45, 7) is 0. The number of benzene rings is 1. The van der Waals surface area contributed by atoms with Crippen LogP contribution < -0.4 is 5.32 Å². The van der Waals surface area contributed by atoms with Gasteiger partial charge in [0.15, 0.2) is 0 Å². The summed E-state index contributed by atoms with van der Waals surface area (Å²) in [5, 5.41) is 12.9. The molecule has 5 nitrogen and oxygen atoms in total. The summed E-state index contributed by atoms with van der Waals surface area (Å²) in [4.78, 5) is 27.8. The molecular weight excluding hydrogens is 268 g/mol. The average Bonchev–Trinajstić information content (AvgIpc) is 2.97. The van der Waals surface area contributed by atoms with Crippen LogP contribution in [0.25, 0.3) is 10.9 Å². The molecule has 0 saturated heterocycles. The predicted octanol–water partition coefficient (Wildman–Crippen LogP) is 2.67. The second kappa shape index (κ2) is 5.52. The zero-order valence-electron chi connectivity index (χ0n) is 11.5. The van der Waals surface area contributed by atoms with Crippen molar-refractivity contribution in [3.05, 3.63) is 36.5 Å². The van der Waals surface area contributed by atoms with Crippen LogP contribution in [0.5, 0.6) is 0 Å². The van der Waals surface area contributed by atoms with Crippen molar-refractivity contribution in [3.8, 4) is 0 Å². The number of pyridine rings is 1. The lowest BCUT2D eigenvalue weighted by molar-refractivity contribution is -0.145. The van der Waals surface area contributed by atoms with Crippen LogP contribution in [-0.2, 0) is 9.59 Å². The number of carboxylic acids is 1. The summed E-state index contributed by atoms with van der Waals surface area (Å²) >= 11 is 0. The molecule has 0 aliphatic heterocycles. The van der Waals surface area contributed by atoms with E-state index in [1.54, 1.807) is 6.20 Å². The van der Waals surface area contributed by atoms with Crippen LogP contribution in [0.4, 0.5) is 5.69 Å². The highest BCUT2D eigenvalue weighted by molar-refractivity contribution is 6.02. The van der Waals surface area contributed by atoms with Gasteiger partial charge in [-0.1, -0.05) is 12.5 Å². The summed E-state index contributed by atoms with van der Waals surface area (Å²) in [6.07, 6.45) is 3.69. The van der Waals surface area contributed by atoms with E-state index in [1.807, 2.05) is 30.3 Å². The zero-order chi connectivity index (χ0) is 14.8. The van der Waals surface area contributed by atoms with Crippen LogP contribution in [0.1, 0.15) is 19.3 Å². The number of fused-ring (bicyclic) bond motifs is 1. The second-order valence-electron chi connectivity index (χ2n) is 5.35. The van der Waals surface area contributed by atoms with Crippen molar-refractivity contribution < 1.29 is 14.7 Å². The topological polar surface area (TPSA) is 79.3 Å². The highest BCUT2D eigenvalue weighted by Gasteiger charge is 2.37. The van der Waals surface area contributed by atoms with E-state index < -0.39 is 17.8 Å². The van der Waals surface area contributed by atoms with E-state index in [4.69, 9.17) is 0 Å². The first-order chi connectivity index (χ1) is 10.2. The molecule has 2 aromatic rings. The molecule has 0 radical (unpaired) electrons. The number of carbonyl (C=O) groups is 2. The number of nitrogens with zero attached hydrogens (tertiary/aromatic N) is 1. The Morgan fingerprint density at radius 3 is 2.76 bits per heavy atom. The fourth-order valence-electron chi connectivity index (χ4n) is 3.01. The van der Waals surface area contributed by atoms with E-state index in [0.717, 1.165) is 17.3 Å². The Kier molecular flexibility index (Phi) is 3.56. The normalized spacial score (nSPS) is 21.3. The quantitative estimate of drug-likeness (QED) is 0.908. The molecule has 1 aromatic heterocycles. The summed E-state index contributed by atoms with van der Waals surface area (Å²) in [7, 11) is 0. The molecule has 108 valence electrons. The number of amides is 1. The SMILES string of the molecule is O=C(O)C1CCCC1C(=O)Nc1cccc2ncccc12. The number of nitrogens with one attached hydrogen (secondary N) is 1. The van der Waals surface area contributed by atoms with E-state index in [1.165, 1.54) is 0 Å². The number of rotatable bonds is 3. The standard InChI is InChI=1S/C16H16N2O3/c19-15(10-4-1-5-11(10)16(20)21)18-14-8-2-7-13-12(14)6-3-9-17-13/h2-3,6-11H,1,4-5H2,(H,18,19)(H,20,21). The minimum absolute atomic E-state index is 0.212. The highest BCUT2D eigenvalue weighted by Crippen LogP contribution is 2.33. The first-order valence-corrected chi connectivity index (χ1v) is 7.04. The van der Waals surface area contributed by atoms with Gasteiger partial charge in [0.25, 0.3) is 0 Å². The molecule has 1 aromatic carbocycles. The molecule has 0 bridgehead atoms. The summed E-state index contributed by atoms with van der Waals surface area (Å²) in [5.41, 5.74) is 1.48. The molecule has 21 heavy (non-hydrogen) atoms. The van der Waals surface area contributed by atoms with Crippen LogP contribution >= 0.6 is 0 Å². The molecule has 1 fully saturated rings. The molecule has 1 amide bonds. The van der Waals surface area contributed by atoms with Crippen molar-refractivity contribution in [1.29, 1.82) is 0 Å². The van der Waals surface area contributed by atoms with Gasteiger partial charge in [-0.2, -0.15) is 0 Å². The highest BCUT2D eigenvalue weighted by atomic mass is 16.4. The zero-order valence-corrected chi connectivity index (χ0v) is 11.5. The van der Waals surface area contributed by atoms with Gasteiger partial charge in [-0.25, -0.2) is 0 Å². The number of aromatic nitrogens is 1. The maximum absolute atomic E-state index is 12.4. The van der Waals surface area contributed by atoms with Crippen LogP contribution in [0.2, 0.25) is 0 Å². The number of hydrogen-bond donors (Lipinski definition) is 2. The van der Waals surface area contributed by atoms with Gasteiger partial charge in [-0.15, -0.1) is 0 Å². The third-order valence-corrected chi connectivity index (χ3v) is 4.07. The van der Waals surface area contributed by atoms with E-state index >= 15 is 0 Å². The van der Waals surface area contributed by atoms with Gasteiger partial charge in [0.1, 0.15) is 0 Å². The van der Waals surface area contributed by atoms with Gasteiger partial charge < -0.3 is 10.4 Å². The number of carbonyl (C=O) groups excluding carboxylic acids is 1. The molecule has 1 aliphatic rings. The van der Waals surface area contributed by atoms with Crippen molar-refractivity contribution in [2.75, 3.05) is 5.32 Å². The summed E-state index contributed by atoms with van der Waals surface area (Å²) in [5.74, 6) is -2.11. The van der Waals surface area contributed by atoms with E-state index in [9.17, 15) is 14.7 Å². The lowest BCUT2D eigenvalue weighted by Crippen LogP contribution is -2.30. The maximum Gasteiger partial charge on any atom is 0.307 e. The monoisotopic (exact) mass is 284 g/mol. The first kappa shape index (κ1) is 13.5. The van der Waals surface area contributed by atoms with Crippen LogP contribution in [0, 0.1) is 11.8 Å². The van der Waals surface area contributed by atoms with Crippen LogP contribution in [-0.4, -0.2) is 22.0 Å². The molecule has 0 spiro atoms. The number of carboxylic acid groups (broad SMARTS) is 1. The molecule has 2 atom stereocenters. The summed E-state index contributed by atoms with van der Waals surface area (Å²) < 4.78 is 0. The van der Waals surface area contributed by atoms with Gasteiger partial charge in [-0.3, -0.25) is 14.6 Å². The van der Waals surface area contributed by atoms with Gasteiger partial charge >= 0.3 is 5.97 Å². The molecular formula is C16H16N2O3. The molecule has 3 rings (SSSR count). The number of aliphatic carboxylic acids is 1.